The maximum atomic E-state index is 9.78. The Balaban J connectivity index is 3.38. The molecule has 0 radical (unpaired) electrons. The minimum absolute atomic E-state index is 0.774. The predicted octanol–water partition coefficient (Wildman–Crippen LogP) is 4.53. The topological polar surface area (TPSA) is 20.2 Å². The van der Waals surface area contributed by atoms with Crippen molar-refractivity contribution in [2.24, 2.45) is 0 Å². The van der Waals surface area contributed by atoms with E-state index in [1.165, 1.54) is 0 Å². The van der Waals surface area contributed by atoms with Gasteiger partial charge in [0.15, 0.2) is 0 Å². The van der Waals surface area contributed by atoms with Crippen molar-refractivity contribution in [1.82, 2.24) is 0 Å². The highest BCUT2D eigenvalue weighted by atomic mass is 79.9. The van der Waals surface area contributed by atoms with Crippen LogP contribution < -0.4 is 0 Å². The van der Waals surface area contributed by atoms with Crippen molar-refractivity contribution in [3.63, 3.8) is 0 Å². The summed E-state index contributed by atoms with van der Waals surface area (Å²) < 4.78 is 1.60. The van der Waals surface area contributed by atoms with Crippen LogP contribution >= 0.6 is 63.7 Å². The van der Waals surface area contributed by atoms with Crippen LogP contribution in [-0.2, 0) is 4.51 Å². The first-order chi connectivity index (χ1) is 5.82. The molecule has 0 aliphatic heterocycles. The minimum Gasteiger partial charge on any atom is -0.375 e. The number of alkyl halides is 1. The summed E-state index contributed by atoms with van der Waals surface area (Å²) in [5.41, 5.74) is 0.774. The monoisotopic (exact) mass is 434 g/mol. The SMILES string of the molecule is CC(O)(Br)c1c(Br)cc(Br)cc1Br. The maximum absolute atomic E-state index is 9.78. The Morgan fingerprint density at radius 3 is 1.85 bits per heavy atom. The molecule has 5 heteroatoms. The molecule has 1 atom stereocenters. The average molecular weight is 438 g/mol. The fraction of sp³-hybridized carbons (Fsp3) is 0.250. The fourth-order valence-corrected chi connectivity index (χ4v) is 4.97. The van der Waals surface area contributed by atoms with Gasteiger partial charge in [0.25, 0.3) is 0 Å². The van der Waals surface area contributed by atoms with Crippen LogP contribution in [0.25, 0.3) is 0 Å². The van der Waals surface area contributed by atoms with Gasteiger partial charge in [-0.25, -0.2) is 0 Å². The van der Waals surface area contributed by atoms with E-state index in [4.69, 9.17) is 0 Å². The Hall–Kier alpha value is 1.10. The second-order valence-corrected chi connectivity index (χ2v) is 6.87. The highest BCUT2D eigenvalue weighted by Crippen LogP contribution is 2.40. The van der Waals surface area contributed by atoms with Crippen molar-refractivity contribution in [2.75, 3.05) is 0 Å². The number of benzene rings is 1. The summed E-state index contributed by atoms with van der Waals surface area (Å²) in [5.74, 6) is 0. The van der Waals surface area contributed by atoms with Gasteiger partial charge in [0.1, 0.15) is 4.51 Å². The smallest absolute Gasteiger partial charge is 0.144 e. The molecule has 1 N–H and O–H groups in total. The summed E-state index contributed by atoms with van der Waals surface area (Å²) in [5, 5.41) is 9.78. The van der Waals surface area contributed by atoms with E-state index in [-0.39, 0.29) is 0 Å². The molecule has 1 nitrogen and oxygen atoms in total. The van der Waals surface area contributed by atoms with Crippen LogP contribution in [0.5, 0.6) is 0 Å². The normalized spacial score (nSPS) is 15.5. The molecular formula is C8H6Br4O. The lowest BCUT2D eigenvalue weighted by Crippen LogP contribution is -2.12. The van der Waals surface area contributed by atoms with Crippen LogP contribution in [0, 0.1) is 0 Å². The standard InChI is InChI=1S/C8H6Br4O/c1-8(12,13)7-5(10)2-4(9)3-6(7)11/h2-3,13H,1H3. The molecule has 0 fully saturated rings. The molecule has 0 spiro atoms. The summed E-state index contributed by atoms with van der Waals surface area (Å²) in [7, 11) is 0. The number of halogens is 4. The number of aliphatic hydroxyl groups is 1. The summed E-state index contributed by atoms with van der Waals surface area (Å²) in [4.78, 5) is 0. The highest BCUT2D eigenvalue weighted by molar-refractivity contribution is 9.12. The Morgan fingerprint density at radius 1 is 1.15 bits per heavy atom. The molecule has 0 aliphatic carbocycles. The number of hydrogen-bond donors (Lipinski definition) is 1. The van der Waals surface area contributed by atoms with Gasteiger partial charge in [-0.2, -0.15) is 0 Å². The molecule has 1 rings (SSSR count). The molecule has 1 unspecified atom stereocenters. The van der Waals surface area contributed by atoms with E-state index in [9.17, 15) is 5.11 Å². The van der Waals surface area contributed by atoms with Crippen molar-refractivity contribution < 1.29 is 5.11 Å². The first kappa shape index (κ1) is 12.2. The Labute approximate surface area is 110 Å². The van der Waals surface area contributed by atoms with Crippen LogP contribution in [0.1, 0.15) is 12.5 Å². The van der Waals surface area contributed by atoms with Crippen molar-refractivity contribution in [3.8, 4) is 0 Å². The summed E-state index contributed by atoms with van der Waals surface area (Å²) >= 11 is 13.3. The molecule has 1 aromatic rings. The van der Waals surface area contributed by atoms with E-state index in [1.54, 1.807) is 6.92 Å². The van der Waals surface area contributed by atoms with Crippen molar-refractivity contribution in [1.29, 1.82) is 0 Å². The average Bonchev–Trinajstić information content (AvgIpc) is 1.78. The van der Waals surface area contributed by atoms with Gasteiger partial charge in [0.05, 0.1) is 0 Å². The van der Waals surface area contributed by atoms with Crippen molar-refractivity contribution in [2.45, 2.75) is 11.4 Å². The van der Waals surface area contributed by atoms with E-state index in [1.807, 2.05) is 12.1 Å². The van der Waals surface area contributed by atoms with Crippen molar-refractivity contribution >= 4 is 63.7 Å². The summed E-state index contributed by atoms with van der Waals surface area (Å²) in [6.45, 7) is 1.67. The van der Waals surface area contributed by atoms with E-state index < -0.39 is 4.51 Å². The molecule has 0 amide bonds. The van der Waals surface area contributed by atoms with Gasteiger partial charge in [-0.1, -0.05) is 47.8 Å². The third-order valence-electron chi connectivity index (χ3n) is 1.46. The minimum atomic E-state index is -1.04. The molecule has 0 heterocycles. The second kappa shape index (κ2) is 4.31. The molecule has 0 aliphatic rings. The Kier molecular flexibility index (Phi) is 4.03. The van der Waals surface area contributed by atoms with E-state index in [0.717, 1.165) is 19.0 Å². The molecular weight excluding hydrogens is 432 g/mol. The van der Waals surface area contributed by atoms with Gasteiger partial charge in [0.2, 0.25) is 0 Å². The number of rotatable bonds is 1. The van der Waals surface area contributed by atoms with Crippen LogP contribution in [-0.4, -0.2) is 5.11 Å². The maximum Gasteiger partial charge on any atom is 0.144 e. The fourth-order valence-electron chi connectivity index (χ4n) is 0.978. The van der Waals surface area contributed by atoms with Gasteiger partial charge in [-0.15, -0.1) is 0 Å². The molecule has 0 saturated heterocycles. The first-order valence-corrected chi connectivity index (χ1v) is 6.56. The quantitative estimate of drug-likeness (QED) is 0.640. The third kappa shape index (κ3) is 3.02. The second-order valence-electron chi connectivity index (χ2n) is 2.70. The molecule has 72 valence electrons. The van der Waals surface area contributed by atoms with Gasteiger partial charge < -0.3 is 5.11 Å². The zero-order valence-corrected chi connectivity index (χ0v) is 13.0. The van der Waals surface area contributed by atoms with Gasteiger partial charge in [0, 0.05) is 19.0 Å². The molecule has 13 heavy (non-hydrogen) atoms. The van der Waals surface area contributed by atoms with Crippen molar-refractivity contribution in [3.05, 3.63) is 31.1 Å². The lowest BCUT2D eigenvalue weighted by atomic mass is 10.1. The largest absolute Gasteiger partial charge is 0.375 e. The summed E-state index contributed by atoms with van der Waals surface area (Å²) in [6, 6.07) is 3.77. The molecule has 0 bridgehead atoms. The van der Waals surface area contributed by atoms with Crippen LogP contribution in [0.15, 0.2) is 25.6 Å². The first-order valence-electron chi connectivity index (χ1n) is 3.38. The zero-order chi connectivity index (χ0) is 10.2. The van der Waals surface area contributed by atoms with Crippen LogP contribution in [0.2, 0.25) is 0 Å². The molecule has 1 aromatic carbocycles. The highest BCUT2D eigenvalue weighted by Gasteiger charge is 2.24. The Morgan fingerprint density at radius 2 is 1.54 bits per heavy atom. The van der Waals surface area contributed by atoms with E-state index in [0.29, 0.717) is 0 Å². The third-order valence-corrected chi connectivity index (χ3v) is 3.57. The van der Waals surface area contributed by atoms with Gasteiger partial charge in [-0.3, -0.25) is 0 Å². The lowest BCUT2D eigenvalue weighted by Gasteiger charge is -2.19. The zero-order valence-electron chi connectivity index (χ0n) is 6.61. The van der Waals surface area contributed by atoms with E-state index >= 15 is 0 Å². The number of hydrogen-bond acceptors (Lipinski definition) is 1. The van der Waals surface area contributed by atoms with Crippen LogP contribution in [0.3, 0.4) is 0 Å². The van der Waals surface area contributed by atoms with Crippen LogP contribution in [0.4, 0.5) is 0 Å². The molecule has 0 saturated carbocycles. The van der Waals surface area contributed by atoms with Gasteiger partial charge in [-0.05, 0) is 35.0 Å². The Bertz CT molecular complexity index is 306. The predicted molar refractivity (Wildman–Crippen MR) is 68.0 cm³/mol. The molecule has 0 aromatic heterocycles. The summed E-state index contributed by atoms with van der Waals surface area (Å²) in [6.07, 6.45) is 0. The van der Waals surface area contributed by atoms with Gasteiger partial charge >= 0.3 is 0 Å². The lowest BCUT2D eigenvalue weighted by molar-refractivity contribution is 0.166. The van der Waals surface area contributed by atoms with E-state index in [2.05, 4.69) is 63.7 Å².